The van der Waals surface area contributed by atoms with Crippen LogP contribution < -0.4 is 10.5 Å². The number of hydrogen-bond acceptors (Lipinski definition) is 4. The molecule has 0 amide bonds. The highest BCUT2D eigenvalue weighted by molar-refractivity contribution is 5.97. The first-order valence-electron chi connectivity index (χ1n) is 5.93. The predicted octanol–water partition coefficient (Wildman–Crippen LogP) is 1.79. The molecular weight excluding hydrogens is 216 g/mol. The third kappa shape index (κ3) is 2.31. The second kappa shape index (κ2) is 4.84. The van der Waals surface area contributed by atoms with Crippen molar-refractivity contribution >= 4 is 5.78 Å². The van der Waals surface area contributed by atoms with E-state index in [1.807, 2.05) is 0 Å². The number of aromatic nitrogens is 1. The highest BCUT2D eigenvalue weighted by atomic mass is 16.5. The number of Topliss-reactive ketones (excluding diaryl/α,β-unsaturated/α-hetero) is 1. The molecule has 2 rings (SSSR count). The number of hydrogen-bond donors (Lipinski definition) is 1. The molecule has 0 aliphatic heterocycles. The molecule has 17 heavy (non-hydrogen) atoms. The minimum absolute atomic E-state index is 0.0135. The molecule has 1 aromatic heterocycles. The molecule has 1 aromatic rings. The SMILES string of the molecule is COc1cccnc1C(=O)CC1(CN)CCC1. The van der Waals surface area contributed by atoms with Crippen molar-refractivity contribution in [3.63, 3.8) is 0 Å². The Morgan fingerprint density at radius 1 is 1.59 bits per heavy atom. The number of pyridine rings is 1. The topological polar surface area (TPSA) is 65.2 Å². The maximum absolute atomic E-state index is 12.2. The Morgan fingerprint density at radius 2 is 2.35 bits per heavy atom. The van der Waals surface area contributed by atoms with Crippen LogP contribution in [0.25, 0.3) is 0 Å². The Kier molecular flexibility index (Phi) is 3.43. The van der Waals surface area contributed by atoms with Crippen LogP contribution in [0.1, 0.15) is 36.2 Å². The summed E-state index contributed by atoms with van der Waals surface area (Å²) in [6, 6.07) is 3.52. The van der Waals surface area contributed by atoms with Gasteiger partial charge in [0.25, 0.3) is 0 Å². The molecule has 4 nitrogen and oxygen atoms in total. The second-order valence-corrected chi connectivity index (χ2v) is 4.71. The first-order valence-corrected chi connectivity index (χ1v) is 5.93. The summed E-state index contributed by atoms with van der Waals surface area (Å²) >= 11 is 0. The molecule has 92 valence electrons. The molecule has 1 saturated carbocycles. The number of rotatable bonds is 5. The average molecular weight is 234 g/mol. The molecule has 1 aliphatic rings. The second-order valence-electron chi connectivity index (χ2n) is 4.71. The minimum Gasteiger partial charge on any atom is -0.494 e. The van der Waals surface area contributed by atoms with Crippen molar-refractivity contribution in [2.24, 2.45) is 11.1 Å². The van der Waals surface area contributed by atoms with Crippen LogP contribution in [0.3, 0.4) is 0 Å². The van der Waals surface area contributed by atoms with Crippen molar-refractivity contribution < 1.29 is 9.53 Å². The molecule has 0 saturated heterocycles. The number of nitrogens with two attached hydrogens (primary N) is 1. The summed E-state index contributed by atoms with van der Waals surface area (Å²) in [6.45, 7) is 0.577. The highest BCUT2D eigenvalue weighted by Gasteiger charge is 2.38. The molecule has 0 aromatic carbocycles. The van der Waals surface area contributed by atoms with Gasteiger partial charge in [-0.3, -0.25) is 4.79 Å². The molecule has 2 N–H and O–H groups in total. The van der Waals surface area contributed by atoms with E-state index >= 15 is 0 Å². The van der Waals surface area contributed by atoms with E-state index in [0.717, 1.165) is 12.8 Å². The summed E-state index contributed by atoms with van der Waals surface area (Å²) in [6.07, 6.45) is 5.36. The Morgan fingerprint density at radius 3 is 2.88 bits per heavy atom. The third-order valence-electron chi connectivity index (χ3n) is 3.64. The first kappa shape index (κ1) is 12.0. The Labute approximate surface area is 101 Å². The number of ether oxygens (including phenoxy) is 1. The molecule has 0 atom stereocenters. The average Bonchev–Trinajstić information content (AvgIpc) is 2.33. The third-order valence-corrected chi connectivity index (χ3v) is 3.64. The lowest BCUT2D eigenvalue weighted by molar-refractivity contribution is 0.0778. The largest absolute Gasteiger partial charge is 0.494 e. The van der Waals surface area contributed by atoms with Gasteiger partial charge in [-0.15, -0.1) is 0 Å². The van der Waals surface area contributed by atoms with E-state index in [1.54, 1.807) is 25.4 Å². The van der Waals surface area contributed by atoms with E-state index in [9.17, 15) is 4.79 Å². The van der Waals surface area contributed by atoms with Crippen LogP contribution in [0.4, 0.5) is 0 Å². The van der Waals surface area contributed by atoms with Gasteiger partial charge < -0.3 is 10.5 Å². The van der Waals surface area contributed by atoms with Gasteiger partial charge in [-0.25, -0.2) is 4.98 Å². The zero-order valence-electron chi connectivity index (χ0n) is 10.1. The molecule has 0 radical (unpaired) electrons. The van der Waals surface area contributed by atoms with Crippen molar-refractivity contribution in [2.75, 3.05) is 13.7 Å². The smallest absolute Gasteiger partial charge is 0.185 e. The fourth-order valence-electron chi connectivity index (χ4n) is 2.32. The molecule has 0 unspecified atom stereocenters. The molecule has 0 bridgehead atoms. The summed E-state index contributed by atoms with van der Waals surface area (Å²) in [4.78, 5) is 16.3. The highest BCUT2D eigenvalue weighted by Crippen LogP contribution is 2.43. The van der Waals surface area contributed by atoms with Crippen LogP contribution in [0.2, 0.25) is 0 Å². The summed E-state index contributed by atoms with van der Waals surface area (Å²) < 4.78 is 5.15. The van der Waals surface area contributed by atoms with Gasteiger partial charge in [0.1, 0.15) is 11.4 Å². The predicted molar refractivity (Wildman–Crippen MR) is 65.1 cm³/mol. The summed E-state index contributed by atoms with van der Waals surface area (Å²) in [5.74, 6) is 0.580. The standard InChI is InChI=1S/C13H18N2O2/c1-17-11-4-2-7-15-12(11)10(16)8-13(9-14)5-3-6-13/h2,4,7H,3,5-6,8-9,14H2,1H3. The number of nitrogens with zero attached hydrogens (tertiary/aromatic N) is 1. The lowest BCUT2D eigenvalue weighted by Gasteiger charge is -2.40. The molecule has 1 heterocycles. The zero-order valence-corrected chi connectivity index (χ0v) is 10.1. The van der Waals surface area contributed by atoms with Crippen molar-refractivity contribution in [2.45, 2.75) is 25.7 Å². The van der Waals surface area contributed by atoms with Gasteiger partial charge in [0, 0.05) is 12.6 Å². The fourth-order valence-corrected chi connectivity index (χ4v) is 2.32. The monoisotopic (exact) mass is 234 g/mol. The van der Waals surface area contributed by atoms with E-state index in [0.29, 0.717) is 24.4 Å². The van der Waals surface area contributed by atoms with E-state index in [4.69, 9.17) is 10.5 Å². The fraction of sp³-hybridized carbons (Fsp3) is 0.538. The maximum Gasteiger partial charge on any atom is 0.185 e. The summed E-state index contributed by atoms with van der Waals surface area (Å²) in [5, 5.41) is 0. The van der Waals surface area contributed by atoms with E-state index in [1.165, 1.54) is 6.42 Å². The van der Waals surface area contributed by atoms with Crippen LogP contribution in [-0.4, -0.2) is 24.4 Å². The van der Waals surface area contributed by atoms with Crippen molar-refractivity contribution in [3.05, 3.63) is 24.0 Å². The van der Waals surface area contributed by atoms with Gasteiger partial charge >= 0.3 is 0 Å². The number of carbonyl (C=O) groups excluding carboxylic acids is 1. The minimum atomic E-state index is 0.0135. The lowest BCUT2D eigenvalue weighted by Crippen LogP contribution is -2.39. The number of ketones is 1. The Bertz CT molecular complexity index is 408. The van der Waals surface area contributed by atoms with Gasteiger partial charge in [0.05, 0.1) is 7.11 Å². The van der Waals surface area contributed by atoms with Crippen molar-refractivity contribution in [1.29, 1.82) is 0 Å². The van der Waals surface area contributed by atoms with Gasteiger partial charge in [-0.1, -0.05) is 6.42 Å². The van der Waals surface area contributed by atoms with Crippen molar-refractivity contribution in [1.82, 2.24) is 4.98 Å². The van der Waals surface area contributed by atoms with E-state index in [2.05, 4.69) is 4.98 Å². The number of carbonyl (C=O) groups is 1. The van der Waals surface area contributed by atoms with Gasteiger partial charge in [0.15, 0.2) is 5.78 Å². The van der Waals surface area contributed by atoms with Gasteiger partial charge in [-0.05, 0) is 36.9 Å². The van der Waals surface area contributed by atoms with E-state index in [-0.39, 0.29) is 11.2 Å². The maximum atomic E-state index is 12.2. The quantitative estimate of drug-likeness (QED) is 0.789. The van der Waals surface area contributed by atoms with Crippen LogP contribution in [0.15, 0.2) is 18.3 Å². The van der Waals surface area contributed by atoms with Crippen LogP contribution in [0, 0.1) is 5.41 Å². The summed E-state index contributed by atoms with van der Waals surface area (Å²) in [5.41, 5.74) is 6.20. The molecular formula is C13H18N2O2. The molecule has 4 heteroatoms. The molecule has 1 fully saturated rings. The van der Waals surface area contributed by atoms with Gasteiger partial charge in [-0.2, -0.15) is 0 Å². The Hall–Kier alpha value is -1.42. The van der Waals surface area contributed by atoms with Crippen LogP contribution in [-0.2, 0) is 0 Å². The summed E-state index contributed by atoms with van der Waals surface area (Å²) in [7, 11) is 1.55. The number of methoxy groups -OCH3 is 1. The molecule has 0 spiro atoms. The van der Waals surface area contributed by atoms with Gasteiger partial charge in [0.2, 0.25) is 0 Å². The zero-order chi connectivity index (χ0) is 12.3. The first-order chi connectivity index (χ1) is 8.21. The van der Waals surface area contributed by atoms with Crippen LogP contribution >= 0.6 is 0 Å². The van der Waals surface area contributed by atoms with E-state index < -0.39 is 0 Å². The van der Waals surface area contributed by atoms with Crippen molar-refractivity contribution in [3.8, 4) is 5.75 Å². The lowest BCUT2D eigenvalue weighted by atomic mass is 9.66. The normalized spacial score (nSPS) is 17.3. The van der Waals surface area contributed by atoms with Crippen LogP contribution in [0.5, 0.6) is 5.75 Å². The Balaban J connectivity index is 2.14. The molecule has 1 aliphatic carbocycles.